The van der Waals surface area contributed by atoms with Crippen molar-refractivity contribution in [1.29, 1.82) is 0 Å². The quantitative estimate of drug-likeness (QED) is 0.787. The van der Waals surface area contributed by atoms with Crippen LogP contribution in [0.4, 0.5) is 5.69 Å². The van der Waals surface area contributed by atoms with Gasteiger partial charge in [-0.25, -0.2) is 0 Å². The smallest absolute Gasteiger partial charge is 0.123 e. The van der Waals surface area contributed by atoms with Crippen LogP contribution in [0.5, 0.6) is 5.75 Å². The molecule has 0 atom stereocenters. The van der Waals surface area contributed by atoms with Crippen molar-refractivity contribution in [2.24, 2.45) is 0 Å². The van der Waals surface area contributed by atoms with Crippen molar-refractivity contribution < 1.29 is 4.74 Å². The van der Waals surface area contributed by atoms with Crippen LogP contribution in [0, 0.1) is 6.92 Å². The minimum atomic E-state index is 0.727. The first kappa shape index (κ1) is 14.4. The Hall–Kier alpha value is -1.00. The van der Waals surface area contributed by atoms with Gasteiger partial charge < -0.3 is 10.1 Å². The summed E-state index contributed by atoms with van der Waals surface area (Å²) in [4.78, 5) is 0. The molecule has 0 saturated carbocycles. The first-order valence-electron chi connectivity index (χ1n) is 5.92. The molecular weight excluding hydrogens is 370 g/mol. The molecule has 2 aromatic carbocycles. The zero-order valence-corrected chi connectivity index (χ0v) is 14.0. The number of benzene rings is 2. The number of aryl methyl sites for hydroxylation is 1. The van der Waals surface area contributed by atoms with Crippen LogP contribution in [0.1, 0.15) is 11.1 Å². The lowest BCUT2D eigenvalue weighted by atomic mass is 10.1. The monoisotopic (exact) mass is 383 g/mol. The fraction of sp³-hybridized carbons (Fsp3) is 0.200. The van der Waals surface area contributed by atoms with Crippen LogP contribution in [0.2, 0.25) is 0 Å². The molecule has 2 rings (SSSR count). The molecule has 2 nitrogen and oxygen atoms in total. The van der Waals surface area contributed by atoms with Crippen molar-refractivity contribution in [3.05, 3.63) is 56.5 Å². The van der Waals surface area contributed by atoms with Crippen molar-refractivity contribution in [2.45, 2.75) is 13.5 Å². The predicted octanol–water partition coefficient (Wildman–Crippen LogP) is 5.14. The molecule has 0 aliphatic rings. The van der Waals surface area contributed by atoms with Gasteiger partial charge in [-0.1, -0.05) is 31.9 Å². The number of ether oxygens (including phenoxy) is 1. The number of halogens is 2. The minimum absolute atomic E-state index is 0.727. The van der Waals surface area contributed by atoms with E-state index in [4.69, 9.17) is 4.74 Å². The Balaban J connectivity index is 2.16. The highest BCUT2D eigenvalue weighted by molar-refractivity contribution is 9.10. The summed E-state index contributed by atoms with van der Waals surface area (Å²) in [5.41, 5.74) is 3.47. The molecular formula is C15H15Br2NO. The average Bonchev–Trinajstić information content (AvgIpc) is 2.38. The summed E-state index contributed by atoms with van der Waals surface area (Å²) in [7, 11) is 1.69. The van der Waals surface area contributed by atoms with Crippen molar-refractivity contribution >= 4 is 37.5 Å². The molecule has 100 valence electrons. The van der Waals surface area contributed by atoms with Crippen molar-refractivity contribution in [3.63, 3.8) is 0 Å². The van der Waals surface area contributed by atoms with Gasteiger partial charge >= 0.3 is 0 Å². The largest absolute Gasteiger partial charge is 0.496 e. The normalized spacial score (nSPS) is 10.3. The van der Waals surface area contributed by atoms with E-state index in [1.54, 1.807) is 7.11 Å². The lowest BCUT2D eigenvalue weighted by Crippen LogP contribution is -2.03. The number of hydrogen-bond acceptors (Lipinski definition) is 2. The molecule has 0 radical (unpaired) electrons. The second-order valence-corrected chi connectivity index (χ2v) is 6.10. The molecule has 0 fully saturated rings. The van der Waals surface area contributed by atoms with E-state index in [9.17, 15) is 0 Å². The van der Waals surface area contributed by atoms with Crippen LogP contribution in [0.25, 0.3) is 0 Å². The topological polar surface area (TPSA) is 21.3 Å². The maximum Gasteiger partial charge on any atom is 0.123 e. The highest BCUT2D eigenvalue weighted by Gasteiger charge is 2.05. The zero-order valence-electron chi connectivity index (χ0n) is 10.8. The number of rotatable bonds is 4. The van der Waals surface area contributed by atoms with Crippen LogP contribution < -0.4 is 10.1 Å². The van der Waals surface area contributed by atoms with E-state index in [0.29, 0.717) is 0 Å². The second kappa shape index (κ2) is 6.44. The third kappa shape index (κ3) is 3.74. The third-order valence-electron chi connectivity index (χ3n) is 2.90. The maximum absolute atomic E-state index is 5.37. The molecule has 0 unspecified atom stereocenters. The summed E-state index contributed by atoms with van der Waals surface area (Å²) in [6.45, 7) is 2.82. The summed E-state index contributed by atoms with van der Waals surface area (Å²) in [6.07, 6.45) is 0. The van der Waals surface area contributed by atoms with Gasteiger partial charge in [0, 0.05) is 26.7 Å². The fourth-order valence-electron chi connectivity index (χ4n) is 1.90. The van der Waals surface area contributed by atoms with Crippen molar-refractivity contribution in [1.82, 2.24) is 0 Å². The fourth-order valence-corrected chi connectivity index (χ4v) is 2.79. The van der Waals surface area contributed by atoms with Gasteiger partial charge in [-0.15, -0.1) is 0 Å². The molecule has 0 saturated heterocycles. The minimum Gasteiger partial charge on any atom is -0.496 e. The van der Waals surface area contributed by atoms with Crippen LogP contribution in [-0.4, -0.2) is 7.11 Å². The summed E-state index contributed by atoms with van der Waals surface area (Å²) in [5, 5.41) is 3.44. The predicted molar refractivity (Wildman–Crippen MR) is 86.9 cm³/mol. The molecule has 0 aromatic heterocycles. The first-order chi connectivity index (χ1) is 9.10. The summed E-state index contributed by atoms with van der Waals surface area (Å²) in [5.74, 6) is 0.894. The van der Waals surface area contributed by atoms with Gasteiger partial charge in [0.15, 0.2) is 0 Å². The average molecular weight is 385 g/mol. The highest BCUT2D eigenvalue weighted by Crippen LogP contribution is 2.25. The molecule has 1 N–H and O–H groups in total. The lowest BCUT2D eigenvalue weighted by molar-refractivity contribution is 0.410. The van der Waals surface area contributed by atoms with Gasteiger partial charge in [-0.2, -0.15) is 0 Å². The molecule has 0 aliphatic carbocycles. The molecule has 2 aromatic rings. The Labute approximate surface area is 130 Å². The van der Waals surface area contributed by atoms with Gasteiger partial charge in [0.1, 0.15) is 5.75 Å². The van der Waals surface area contributed by atoms with E-state index in [1.165, 1.54) is 5.56 Å². The van der Waals surface area contributed by atoms with Crippen LogP contribution in [0.15, 0.2) is 45.3 Å². The maximum atomic E-state index is 5.37. The van der Waals surface area contributed by atoms with E-state index < -0.39 is 0 Å². The standard InChI is InChI=1S/C15H15Br2NO/c1-10-7-12(16)3-5-14(10)18-9-11-8-13(17)4-6-15(11)19-2/h3-8,18H,9H2,1-2H3. The van der Waals surface area contributed by atoms with Gasteiger partial charge in [0.05, 0.1) is 7.11 Å². The molecule has 0 heterocycles. The molecule has 0 bridgehead atoms. The molecule has 0 amide bonds. The SMILES string of the molecule is COc1ccc(Br)cc1CNc1ccc(Br)cc1C. The summed E-state index contributed by atoms with van der Waals surface area (Å²) in [6, 6.07) is 12.2. The number of hydrogen-bond donors (Lipinski definition) is 1. The summed E-state index contributed by atoms with van der Waals surface area (Å²) < 4.78 is 7.52. The van der Waals surface area contributed by atoms with E-state index in [-0.39, 0.29) is 0 Å². The molecule has 0 spiro atoms. The Kier molecular flexibility index (Phi) is 4.88. The van der Waals surface area contributed by atoms with Crippen molar-refractivity contribution in [2.75, 3.05) is 12.4 Å². The Morgan fingerprint density at radius 2 is 1.74 bits per heavy atom. The number of nitrogens with one attached hydrogen (secondary N) is 1. The van der Waals surface area contributed by atoms with Crippen LogP contribution in [-0.2, 0) is 6.54 Å². The first-order valence-corrected chi connectivity index (χ1v) is 7.51. The zero-order chi connectivity index (χ0) is 13.8. The van der Waals surface area contributed by atoms with Crippen LogP contribution in [0.3, 0.4) is 0 Å². The van der Waals surface area contributed by atoms with Gasteiger partial charge in [-0.3, -0.25) is 0 Å². The second-order valence-electron chi connectivity index (χ2n) is 4.27. The van der Waals surface area contributed by atoms with E-state index in [2.05, 4.69) is 62.3 Å². The third-order valence-corrected chi connectivity index (χ3v) is 3.89. The van der Waals surface area contributed by atoms with Gasteiger partial charge in [0.25, 0.3) is 0 Å². The van der Waals surface area contributed by atoms with E-state index in [1.807, 2.05) is 18.2 Å². The highest BCUT2D eigenvalue weighted by atomic mass is 79.9. The van der Waals surface area contributed by atoms with E-state index >= 15 is 0 Å². The summed E-state index contributed by atoms with van der Waals surface area (Å²) >= 11 is 6.96. The van der Waals surface area contributed by atoms with Gasteiger partial charge in [-0.05, 0) is 48.9 Å². The lowest BCUT2D eigenvalue weighted by Gasteiger charge is -2.13. The molecule has 19 heavy (non-hydrogen) atoms. The molecule has 4 heteroatoms. The van der Waals surface area contributed by atoms with Crippen LogP contribution >= 0.6 is 31.9 Å². The Morgan fingerprint density at radius 1 is 1.05 bits per heavy atom. The van der Waals surface area contributed by atoms with Gasteiger partial charge in [0.2, 0.25) is 0 Å². The Morgan fingerprint density at radius 3 is 2.42 bits per heavy atom. The van der Waals surface area contributed by atoms with Crippen molar-refractivity contribution in [3.8, 4) is 5.75 Å². The van der Waals surface area contributed by atoms with E-state index in [0.717, 1.165) is 32.5 Å². The number of anilines is 1. The Bertz CT molecular complexity index is 584. The molecule has 0 aliphatic heterocycles. The number of methoxy groups -OCH3 is 1.